The number of aryl methyl sites for hydroxylation is 1. The van der Waals surface area contributed by atoms with Gasteiger partial charge in [0, 0.05) is 31.2 Å². The van der Waals surface area contributed by atoms with E-state index in [0.717, 1.165) is 55.0 Å². The molecule has 0 saturated carbocycles. The Kier molecular flexibility index (Phi) is 7.70. The van der Waals surface area contributed by atoms with E-state index in [4.69, 9.17) is 30.8 Å². The van der Waals surface area contributed by atoms with Crippen molar-refractivity contribution in [2.24, 2.45) is 0 Å². The van der Waals surface area contributed by atoms with Crippen molar-refractivity contribution in [1.82, 2.24) is 9.88 Å². The Morgan fingerprint density at radius 2 is 2.00 bits per heavy atom. The minimum Gasteiger partial charge on any atom is -0.493 e. The quantitative estimate of drug-likeness (QED) is 0.459. The van der Waals surface area contributed by atoms with Gasteiger partial charge in [0.05, 0.1) is 43.2 Å². The van der Waals surface area contributed by atoms with Crippen molar-refractivity contribution in [2.45, 2.75) is 13.3 Å². The van der Waals surface area contributed by atoms with Crippen LogP contribution in [0, 0.1) is 6.92 Å². The van der Waals surface area contributed by atoms with E-state index in [0.29, 0.717) is 33.8 Å². The molecule has 0 radical (unpaired) electrons. The molecule has 1 aromatic heterocycles. The summed E-state index contributed by atoms with van der Waals surface area (Å²) in [5.74, 6) is 0.766. The number of aromatic nitrogens is 1. The van der Waals surface area contributed by atoms with Gasteiger partial charge in [-0.1, -0.05) is 29.0 Å². The first-order valence-electron chi connectivity index (χ1n) is 10.9. The minimum absolute atomic E-state index is 0.171. The number of halogens is 1. The van der Waals surface area contributed by atoms with Crippen LogP contribution in [0.2, 0.25) is 5.02 Å². The van der Waals surface area contributed by atoms with E-state index >= 15 is 0 Å². The van der Waals surface area contributed by atoms with Gasteiger partial charge in [-0.2, -0.15) is 0 Å². The van der Waals surface area contributed by atoms with Gasteiger partial charge in [0.2, 0.25) is 0 Å². The Morgan fingerprint density at radius 1 is 1.21 bits per heavy atom. The lowest BCUT2D eigenvalue weighted by Gasteiger charge is -2.28. The highest BCUT2D eigenvalue weighted by molar-refractivity contribution is 7.22. The van der Waals surface area contributed by atoms with Gasteiger partial charge in [0.25, 0.3) is 5.91 Å². The van der Waals surface area contributed by atoms with Crippen molar-refractivity contribution in [2.75, 3.05) is 58.5 Å². The number of morpholine rings is 1. The van der Waals surface area contributed by atoms with Crippen LogP contribution >= 0.6 is 22.9 Å². The molecular weight excluding hydrogens is 462 g/mol. The van der Waals surface area contributed by atoms with Gasteiger partial charge in [-0.05, 0) is 43.2 Å². The smallest absolute Gasteiger partial charge is 0.263 e. The Morgan fingerprint density at radius 3 is 2.73 bits per heavy atom. The van der Waals surface area contributed by atoms with Crippen molar-refractivity contribution in [3.05, 3.63) is 46.5 Å². The number of carbonyl (C=O) groups is 1. The van der Waals surface area contributed by atoms with Gasteiger partial charge in [0.15, 0.2) is 16.6 Å². The van der Waals surface area contributed by atoms with E-state index in [2.05, 4.69) is 4.90 Å². The number of para-hydroxylation sites is 1. The van der Waals surface area contributed by atoms with Gasteiger partial charge in [-0.3, -0.25) is 14.6 Å². The second-order valence-electron chi connectivity index (χ2n) is 7.82. The van der Waals surface area contributed by atoms with Gasteiger partial charge in [0.1, 0.15) is 0 Å². The first kappa shape index (κ1) is 23.8. The molecule has 0 N–H and O–H groups in total. The van der Waals surface area contributed by atoms with E-state index in [1.807, 2.05) is 19.1 Å². The Hall–Kier alpha value is -2.39. The average Bonchev–Trinajstić information content (AvgIpc) is 3.28. The Balaban J connectivity index is 1.67. The van der Waals surface area contributed by atoms with Crippen LogP contribution in [0.3, 0.4) is 0 Å². The van der Waals surface area contributed by atoms with Crippen LogP contribution in [0.5, 0.6) is 11.5 Å². The van der Waals surface area contributed by atoms with Crippen molar-refractivity contribution in [3.8, 4) is 11.5 Å². The summed E-state index contributed by atoms with van der Waals surface area (Å²) in [6.45, 7) is 6.70. The molecular formula is C24H28ClN3O4S. The maximum atomic E-state index is 13.8. The molecule has 9 heteroatoms. The van der Waals surface area contributed by atoms with Crippen molar-refractivity contribution in [1.29, 1.82) is 0 Å². The number of ether oxygens (including phenoxy) is 3. The van der Waals surface area contributed by atoms with Crippen molar-refractivity contribution in [3.63, 3.8) is 0 Å². The summed E-state index contributed by atoms with van der Waals surface area (Å²) >= 11 is 7.81. The Labute approximate surface area is 202 Å². The molecule has 1 amide bonds. The van der Waals surface area contributed by atoms with E-state index in [1.54, 1.807) is 37.3 Å². The topological polar surface area (TPSA) is 64.1 Å². The number of methoxy groups -OCH3 is 2. The second kappa shape index (κ2) is 10.7. The SMILES string of the molecule is COc1cccc(C(=O)N(CCCN2CCOCC2)c2nc3c(C)c(Cl)ccc3s2)c1OC. The zero-order chi connectivity index (χ0) is 23.4. The van der Waals surface area contributed by atoms with Crippen LogP contribution in [0.15, 0.2) is 30.3 Å². The molecule has 0 bridgehead atoms. The van der Waals surface area contributed by atoms with Gasteiger partial charge < -0.3 is 14.2 Å². The van der Waals surface area contributed by atoms with Gasteiger partial charge in [-0.15, -0.1) is 0 Å². The second-order valence-corrected chi connectivity index (χ2v) is 9.24. The van der Waals surface area contributed by atoms with Crippen molar-refractivity contribution < 1.29 is 19.0 Å². The van der Waals surface area contributed by atoms with E-state index < -0.39 is 0 Å². The fourth-order valence-electron chi connectivity index (χ4n) is 3.97. The third kappa shape index (κ3) is 5.09. The third-order valence-electron chi connectivity index (χ3n) is 5.81. The number of fused-ring (bicyclic) bond motifs is 1. The van der Waals surface area contributed by atoms with Crippen LogP contribution < -0.4 is 14.4 Å². The predicted octanol–water partition coefficient (Wildman–Crippen LogP) is 4.64. The fraction of sp³-hybridized carbons (Fsp3) is 0.417. The standard InChI is InChI=1S/C24H28ClN3O4S/c1-16-18(25)8-9-20-21(16)26-24(33-20)28(11-5-10-27-12-14-32-15-13-27)23(29)17-6-4-7-19(30-2)22(17)31-3/h4,6-9H,5,10-15H2,1-3H3. The molecule has 176 valence electrons. The molecule has 0 unspecified atom stereocenters. The highest BCUT2D eigenvalue weighted by Crippen LogP contribution is 2.36. The zero-order valence-electron chi connectivity index (χ0n) is 19.1. The van der Waals surface area contributed by atoms with Crippen LogP contribution in [0.4, 0.5) is 5.13 Å². The number of thiazole rings is 1. The predicted molar refractivity (Wildman–Crippen MR) is 132 cm³/mol. The number of benzene rings is 2. The lowest BCUT2D eigenvalue weighted by molar-refractivity contribution is 0.0376. The largest absolute Gasteiger partial charge is 0.493 e. The molecule has 0 atom stereocenters. The van der Waals surface area contributed by atoms with Crippen LogP contribution in [-0.4, -0.2) is 69.4 Å². The molecule has 1 aliphatic heterocycles. The van der Waals surface area contributed by atoms with Crippen molar-refractivity contribution >= 4 is 44.2 Å². The molecule has 4 rings (SSSR count). The monoisotopic (exact) mass is 489 g/mol. The number of nitrogens with zero attached hydrogens (tertiary/aromatic N) is 3. The number of carbonyl (C=O) groups excluding carboxylic acids is 1. The summed E-state index contributed by atoms with van der Waals surface area (Å²) in [5, 5.41) is 1.31. The van der Waals surface area contributed by atoms with Crippen LogP contribution in [0.25, 0.3) is 10.2 Å². The number of amides is 1. The molecule has 1 fully saturated rings. The summed E-state index contributed by atoms with van der Waals surface area (Å²) in [6.07, 6.45) is 0.813. The molecule has 3 aromatic rings. The molecule has 2 aromatic carbocycles. The average molecular weight is 490 g/mol. The highest BCUT2D eigenvalue weighted by Gasteiger charge is 2.26. The highest BCUT2D eigenvalue weighted by atomic mass is 35.5. The third-order valence-corrected chi connectivity index (χ3v) is 7.26. The summed E-state index contributed by atoms with van der Waals surface area (Å²) in [4.78, 5) is 22.7. The lowest BCUT2D eigenvalue weighted by atomic mass is 10.1. The zero-order valence-corrected chi connectivity index (χ0v) is 20.7. The van der Waals surface area contributed by atoms with Gasteiger partial charge in [-0.25, -0.2) is 4.98 Å². The summed E-state index contributed by atoms with van der Waals surface area (Å²) in [7, 11) is 3.10. The molecule has 7 nitrogen and oxygen atoms in total. The van der Waals surface area contributed by atoms with Crippen LogP contribution in [0.1, 0.15) is 22.3 Å². The summed E-state index contributed by atoms with van der Waals surface area (Å²) in [6, 6.07) is 9.16. The molecule has 33 heavy (non-hydrogen) atoms. The molecule has 0 spiro atoms. The summed E-state index contributed by atoms with van der Waals surface area (Å²) in [5.41, 5.74) is 2.18. The first-order chi connectivity index (χ1) is 16.0. The molecule has 0 aliphatic carbocycles. The van der Waals surface area contributed by atoms with E-state index in [9.17, 15) is 4.79 Å². The van der Waals surface area contributed by atoms with E-state index in [-0.39, 0.29) is 5.91 Å². The van der Waals surface area contributed by atoms with E-state index in [1.165, 1.54) is 11.3 Å². The number of anilines is 1. The fourth-order valence-corrected chi connectivity index (χ4v) is 5.17. The number of hydrogen-bond donors (Lipinski definition) is 0. The Bertz CT molecular complexity index is 1130. The number of hydrogen-bond acceptors (Lipinski definition) is 7. The number of rotatable bonds is 8. The molecule has 2 heterocycles. The minimum atomic E-state index is -0.171. The maximum absolute atomic E-state index is 13.8. The van der Waals surface area contributed by atoms with Gasteiger partial charge >= 0.3 is 0 Å². The normalized spacial score (nSPS) is 14.4. The molecule has 1 aliphatic rings. The first-order valence-corrected chi connectivity index (χ1v) is 12.1. The lowest BCUT2D eigenvalue weighted by Crippen LogP contribution is -2.39. The maximum Gasteiger partial charge on any atom is 0.263 e. The summed E-state index contributed by atoms with van der Waals surface area (Å²) < 4.78 is 17.4. The van der Waals surface area contributed by atoms with Crippen LogP contribution in [-0.2, 0) is 4.74 Å². The molecule has 1 saturated heterocycles.